The van der Waals surface area contributed by atoms with Crippen LogP contribution in [0.5, 0.6) is 0 Å². The predicted molar refractivity (Wildman–Crippen MR) is 120 cm³/mol. The number of fused-ring (bicyclic) bond motifs is 1. The maximum absolute atomic E-state index is 13.4. The molecule has 1 fully saturated rings. The minimum atomic E-state index is -0.420. The maximum Gasteiger partial charge on any atom is 0.264 e. The molecular formula is C23H28N4O3S. The molecule has 31 heavy (non-hydrogen) atoms. The van der Waals surface area contributed by atoms with Gasteiger partial charge < -0.3 is 10.2 Å². The van der Waals surface area contributed by atoms with Gasteiger partial charge >= 0.3 is 0 Å². The summed E-state index contributed by atoms with van der Waals surface area (Å²) >= 11 is 1.43. The summed E-state index contributed by atoms with van der Waals surface area (Å²) in [5, 5.41) is 5.60. The Balaban J connectivity index is 1.58. The van der Waals surface area contributed by atoms with Crippen molar-refractivity contribution < 1.29 is 14.4 Å². The molecule has 164 valence electrons. The van der Waals surface area contributed by atoms with E-state index in [0.29, 0.717) is 30.1 Å². The van der Waals surface area contributed by atoms with Crippen molar-refractivity contribution in [2.24, 2.45) is 11.8 Å². The Labute approximate surface area is 186 Å². The fourth-order valence-electron chi connectivity index (χ4n) is 4.31. The summed E-state index contributed by atoms with van der Waals surface area (Å²) in [5.41, 5.74) is 1.61. The number of anilines is 1. The van der Waals surface area contributed by atoms with Crippen LogP contribution in [-0.4, -0.2) is 47.2 Å². The summed E-state index contributed by atoms with van der Waals surface area (Å²) < 4.78 is 0. The molecule has 1 aromatic carbocycles. The third kappa shape index (κ3) is 4.08. The van der Waals surface area contributed by atoms with Crippen LogP contribution in [0.4, 0.5) is 5.69 Å². The molecule has 2 aromatic rings. The monoisotopic (exact) mass is 440 g/mol. The molecule has 8 heteroatoms. The van der Waals surface area contributed by atoms with Crippen LogP contribution in [-0.2, 0) is 4.79 Å². The highest BCUT2D eigenvalue weighted by atomic mass is 32.1. The number of benzene rings is 1. The van der Waals surface area contributed by atoms with E-state index in [0.717, 1.165) is 30.1 Å². The van der Waals surface area contributed by atoms with Crippen LogP contribution in [0.2, 0.25) is 0 Å². The molecule has 1 aromatic heterocycles. The van der Waals surface area contributed by atoms with Gasteiger partial charge in [-0.3, -0.25) is 19.3 Å². The number of aromatic nitrogens is 1. The highest BCUT2D eigenvalue weighted by Crippen LogP contribution is 2.37. The summed E-state index contributed by atoms with van der Waals surface area (Å²) in [6, 6.07) is 5.00. The summed E-state index contributed by atoms with van der Waals surface area (Å²) in [5.74, 6) is -0.235. The molecule has 0 aliphatic carbocycles. The number of nitrogens with one attached hydrogen (secondary N) is 1. The molecule has 3 amide bonds. The van der Waals surface area contributed by atoms with Crippen LogP contribution < -0.4 is 10.2 Å². The second kappa shape index (κ2) is 8.78. The fraction of sp³-hybridized carbons (Fsp3) is 0.478. The number of nitrogens with zero attached hydrogens (tertiary/aromatic N) is 3. The fourth-order valence-corrected chi connectivity index (χ4v) is 5.00. The number of hydrogen-bond acceptors (Lipinski definition) is 6. The molecule has 0 spiro atoms. The molecule has 0 bridgehead atoms. The van der Waals surface area contributed by atoms with Crippen LogP contribution in [0, 0.1) is 11.8 Å². The SMILES string of the molecule is CC(C)CNC(=O)C1CCCN(c2cccc3c2C(=O)N(C(C)c2nccs2)C3=O)C1. The molecule has 7 nitrogen and oxygen atoms in total. The molecule has 1 N–H and O–H groups in total. The van der Waals surface area contributed by atoms with Crippen LogP contribution in [0.15, 0.2) is 29.8 Å². The Morgan fingerprint density at radius 1 is 1.26 bits per heavy atom. The molecule has 2 unspecified atom stereocenters. The first kappa shape index (κ1) is 21.5. The van der Waals surface area contributed by atoms with E-state index in [2.05, 4.69) is 29.0 Å². The number of piperidine rings is 1. The van der Waals surface area contributed by atoms with E-state index in [-0.39, 0.29) is 23.6 Å². The molecule has 1 saturated heterocycles. The highest BCUT2D eigenvalue weighted by molar-refractivity contribution is 7.09. The normalized spacial score (nSPS) is 19.7. The molecule has 2 aliphatic heterocycles. The zero-order chi connectivity index (χ0) is 22.1. The lowest BCUT2D eigenvalue weighted by Crippen LogP contribution is -2.44. The van der Waals surface area contributed by atoms with E-state index < -0.39 is 6.04 Å². The van der Waals surface area contributed by atoms with Gasteiger partial charge in [-0.1, -0.05) is 19.9 Å². The zero-order valence-electron chi connectivity index (χ0n) is 18.1. The van der Waals surface area contributed by atoms with Gasteiger partial charge in [0.15, 0.2) is 0 Å². The molecule has 3 heterocycles. The van der Waals surface area contributed by atoms with E-state index in [1.54, 1.807) is 12.3 Å². The smallest absolute Gasteiger partial charge is 0.264 e. The van der Waals surface area contributed by atoms with Gasteiger partial charge in [-0.15, -0.1) is 11.3 Å². The van der Waals surface area contributed by atoms with Crippen molar-refractivity contribution in [3.63, 3.8) is 0 Å². The lowest BCUT2D eigenvalue weighted by Gasteiger charge is -2.34. The molecule has 0 saturated carbocycles. The summed E-state index contributed by atoms with van der Waals surface area (Å²) in [7, 11) is 0. The quantitative estimate of drug-likeness (QED) is 0.696. The van der Waals surface area contributed by atoms with E-state index in [1.807, 2.05) is 24.4 Å². The van der Waals surface area contributed by atoms with Crippen LogP contribution in [0.1, 0.15) is 65.4 Å². The van der Waals surface area contributed by atoms with Crippen LogP contribution >= 0.6 is 11.3 Å². The third-order valence-electron chi connectivity index (χ3n) is 5.94. The number of imide groups is 1. The van der Waals surface area contributed by atoms with Gasteiger partial charge in [0.05, 0.1) is 28.8 Å². The largest absolute Gasteiger partial charge is 0.370 e. The second-order valence-corrected chi connectivity index (χ2v) is 9.58. The van der Waals surface area contributed by atoms with Gasteiger partial charge in [-0.2, -0.15) is 0 Å². The van der Waals surface area contributed by atoms with Crippen molar-refractivity contribution >= 4 is 34.7 Å². The van der Waals surface area contributed by atoms with Crippen molar-refractivity contribution in [2.45, 2.75) is 39.7 Å². The zero-order valence-corrected chi connectivity index (χ0v) is 18.9. The van der Waals surface area contributed by atoms with Crippen molar-refractivity contribution in [3.05, 3.63) is 45.9 Å². The summed E-state index contributed by atoms with van der Waals surface area (Å²) in [4.78, 5) is 46.8. The van der Waals surface area contributed by atoms with Crippen molar-refractivity contribution in [3.8, 4) is 0 Å². The van der Waals surface area contributed by atoms with Gasteiger partial charge in [0.2, 0.25) is 5.91 Å². The van der Waals surface area contributed by atoms with Crippen LogP contribution in [0.3, 0.4) is 0 Å². The number of rotatable bonds is 6. The molecule has 2 atom stereocenters. The number of amides is 3. The van der Waals surface area contributed by atoms with E-state index >= 15 is 0 Å². The topological polar surface area (TPSA) is 82.6 Å². The molecule has 4 rings (SSSR count). The van der Waals surface area contributed by atoms with Crippen LogP contribution in [0.25, 0.3) is 0 Å². The van der Waals surface area contributed by atoms with E-state index in [9.17, 15) is 14.4 Å². The van der Waals surface area contributed by atoms with Crippen molar-refractivity contribution in [1.82, 2.24) is 15.2 Å². The van der Waals surface area contributed by atoms with E-state index in [1.165, 1.54) is 16.2 Å². The number of carbonyl (C=O) groups excluding carboxylic acids is 3. The van der Waals surface area contributed by atoms with E-state index in [4.69, 9.17) is 0 Å². The lowest BCUT2D eigenvalue weighted by molar-refractivity contribution is -0.125. The average molecular weight is 441 g/mol. The third-order valence-corrected chi connectivity index (χ3v) is 6.88. The Morgan fingerprint density at radius 2 is 2.06 bits per heavy atom. The summed E-state index contributed by atoms with van der Waals surface area (Å²) in [6.45, 7) is 7.93. The Kier molecular flexibility index (Phi) is 6.09. The first-order valence-corrected chi connectivity index (χ1v) is 11.7. The highest BCUT2D eigenvalue weighted by Gasteiger charge is 2.42. The maximum atomic E-state index is 13.4. The average Bonchev–Trinajstić information content (AvgIpc) is 3.39. The van der Waals surface area contributed by atoms with Crippen molar-refractivity contribution in [1.29, 1.82) is 0 Å². The number of hydrogen-bond donors (Lipinski definition) is 1. The minimum absolute atomic E-state index is 0.0624. The lowest BCUT2D eigenvalue weighted by atomic mass is 9.95. The Hall–Kier alpha value is -2.74. The number of thiazole rings is 1. The standard InChI is InChI=1S/C23H28N4O3S/c1-14(2)12-25-20(28)16-6-5-10-26(13-16)18-8-4-7-17-19(18)23(30)27(22(17)29)15(3)21-24-9-11-31-21/h4,7-9,11,14-16H,5-6,10,12-13H2,1-3H3,(H,25,28). The molecule has 2 aliphatic rings. The predicted octanol–water partition coefficient (Wildman–Crippen LogP) is 3.49. The van der Waals surface area contributed by atoms with Gasteiger partial charge in [0, 0.05) is 31.2 Å². The molecule has 0 radical (unpaired) electrons. The Morgan fingerprint density at radius 3 is 2.77 bits per heavy atom. The second-order valence-electron chi connectivity index (χ2n) is 8.65. The summed E-state index contributed by atoms with van der Waals surface area (Å²) in [6.07, 6.45) is 3.37. The molecular weight excluding hydrogens is 412 g/mol. The first-order chi connectivity index (χ1) is 14.9. The van der Waals surface area contributed by atoms with Gasteiger partial charge in [-0.05, 0) is 37.8 Å². The first-order valence-electron chi connectivity index (χ1n) is 10.8. The van der Waals surface area contributed by atoms with Gasteiger partial charge in [-0.25, -0.2) is 4.98 Å². The van der Waals surface area contributed by atoms with Crippen molar-refractivity contribution in [2.75, 3.05) is 24.5 Å². The van der Waals surface area contributed by atoms with Gasteiger partial charge in [0.1, 0.15) is 5.01 Å². The van der Waals surface area contributed by atoms with Gasteiger partial charge in [0.25, 0.3) is 11.8 Å². The Bertz CT molecular complexity index is 989. The minimum Gasteiger partial charge on any atom is -0.370 e. The number of carbonyl (C=O) groups is 3.